The molecule has 0 fully saturated rings. The van der Waals surface area contributed by atoms with E-state index in [1.807, 2.05) is 0 Å². The number of pyridine rings is 1. The van der Waals surface area contributed by atoms with Crippen molar-refractivity contribution in [3.8, 4) is 11.3 Å². The maximum Gasteiger partial charge on any atom is 0.0800 e. The molecule has 0 amide bonds. The standard InChI is InChI=1S/C27H17N/c1-2-10-18(11-3-1)26-24-17-9-7-15-22(24)25-21-14-6-4-12-19(21)20-13-5-8-16-23(20)27(25)28-26/h1-17H. The molecule has 1 aromatic heterocycles. The zero-order chi connectivity index (χ0) is 18.5. The summed E-state index contributed by atoms with van der Waals surface area (Å²) in [5.74, 6) is 0. The number of benzene rings is 5. The van der Waals surface area contributed by atoms with E-state index < -0.39 is 0 Å². The molecule has 0 aliphatic carbocycles. The van der Waals surface area contributed by atoms with Gasteiger partial charge in [-0.2, -0.15) is 0 Å². The van der Waals surface area contributed by atoms with Crippen molar-refractivity contribution in [2.45, 2.75) is 0 Å². The van der Waals surface area contributed by atoms with Crippen LogP contribution in [-0.4, -0.2) is 4.98 Å². The lowest BCUT2D eigenvalue weighted by Gasteiger charge is -2.15. The summed E-state index contributed by atoms with van der Waals surface area (Å²) in [6.45, 7) is 0. The van der Waals surface area contributed by atoms with Gasteiger partial charge in [0.2, 0.25) is 0 Å². The number of rotatable bonds is 1. The Morgan fingerprint density at radius 2 is 0.857 bits per heavy atom. The minimum absolute atomic E-state index is 1.05. The molecule has 1 nitrogen and oxygen atoms in total. The molecule has 130 valence electrons. The number of fused-ring (bicyclic) bond motifs is 8. The maximum absolute atomic E-state index is 5.25. The Labute approximate surface area is 162 Å². The smallest absolute Gasteiger partial charge is 0.0800 e. The highest BCUT2D eigenvalue weighted by Gasteiger charge is 2.15. The molecule has 0 saturated heterocycles. The summed E-state index contributed by atoms with van der Waals surface area (Å²) in [6.07, 6.45) is 0. The third kappa shape index (κ3) is 2.10. The van der Waals surface area contributed by atoms with Gasteiger partial charge in [0.25, 0.3) is 0 Å². The van der Waals surface area contributed by atoms with Crippen LogP contribution in [0.4, 0.5) is 0 Å². The Morgan fingerprint density at radius 3 is 1.54 bits per heavy atom. The molecule has 6 aromatic rings. The topological polar surface area (TPSA) is 12.9 Å². The van der Waals surface area contributed by atoms with Gasteiger partial charge in [0.05, 0.1) is 11.2 Å². The molecule has 0 N–H and O–H groups in total. The second kappa shape index (κ2) is 5.90. The SMILES string of the molecule is c1ccc(-c2nc3c4ccccc4c4ccccc4c3c3ccccc23)cc1. The van der Waals surface area contributed by atoms with Crippen LogP contribution in [0, 0.1) is 0 Å². The van der Waals surface area contributed by atoms with Crippen LogP contribution < -0.4 is 0 Å². The molecule has 6 rings (SSSR count). The van der Waals surface area contributed by atoms with Crippen LogP contribution in [0.25, 0.3) is 54.5 Å². The molecule has 0 unspecified atom stereocenters. The van der Waals surface area contributed by atoms with Crippen LogP contribution in [0.15, 0.2) is 103 Å². The second-order valence-corrected chi connectivity index (χ2v) is 7.19. The van der Waals surface area contributed by atoms with E-state index in [1.165, 1.54) is 37.7 Å². The first kappa shape index (κ1) is 15.4. The van der Waals surface area contributed by atoms with Crippen LogP contribution in [0.3, 0.4) is 0 Å². The summed E-state index contributed by atoms with van der Waals surface area (Å²) in [4.78, 5) is 5.25. The first-order chi connectivity index (χ1) is 13.9. The van der Waals surface area contributed by atoms with Gasteiger partial charge in [-0.15, -0.1) is 0 Å². The molecule has 1 heterocycles. The molecule has 0 atom stereocenters. The highest BCUT2D eigenvalue weighted by molar-refractivity contribution is 6.31. The molecular formula is C27H17N. The average Bonchev–Trinajstić information content (AvgIpc) is 2.79. The van der Waals surface area contributed by atoms with E-state index in [0.29, 0.717) is 0 Å². The van der Waals surface area contributed by atoms with E-state index in [1.54, 1.807) is 0 Å². The van der Waals surface area contributed by atoms with Gasteiger partial charge in [0.15, 0.2) is 0 Å². The molecule has 0 aliphatic heterocycles. The molecule has 0 spiro atoms. The van der Waals surface area contributed by atoms with Gasteiger partial charge in [0.1, 0.15) is 0 Å². The lowest BCUT2D eigenvalue weighted by atomic mass is 9.92. The molecule has 1 heteroatoms. The van der Waals surface area contributed by atoms with E-state index in [-0.39, 0.29) is 0 Å². The van der Waals surface area contributed by atoms with Gasteiger partial charge in [-0.3, -0.25) is 0 Å². The first-order valence-corrected chi connectivity index (χ1v) is 9.59. The van der Waals surface area contributed by atoms with Crippen LogP contribution in [0.1, 0.15) is 0 Å². The minimum Gasteiger partial charge on any atom is -0.246 e. The molecule has 0 radical (unpaired) electrons. The zero-order valence-corrected chi connectivity index (χ0v) is 15.3. The minimum atomic E-state index is 1.05. The zero-order valence-electron chi connectivity index (χ0n) is 15.3. The summed E-state index contributed by atoms with van der Waals surface area (Å²) in [6, 6.07) is 36.4. The van der Waals surface area contributed by atoms with Gasteiger partial charge >= 0.3 is 0 Å². The Balaban J connectivity index is 1.95. The quantitative estimate of drug-likeness (QED) is 0.281. The van der Waals surface area contributed by atoms with E-state index >= 15 is 0 Å². The van der Waals surface area contributed by atoms with Crippen LogP contribution in [-0.2, 0) is 0 Å². The van der Waals surface area contributed by atoms with Crippen LogP contribution >= 0.6 is 0 Å². The maximum atomic E-state index is 5.25. The highest BCUT2D eigenvalue weighted by atomic mass is 14.7. The summed E-state index contributed by atoms with van der Waals surface area (Å²) in [5, 5.41) is 8.70. The lowest BCUT2D eigenvalue weighted by molar-refractivity contribution is 1.44. The van der Waals surface area contributed by atoms with Gasteiger partial charge in [-0.25, -0.2) is 4.98 Å². The average molecular weight is 355 g/mol. The molecule has 0 aliphatic rings. The number of nitrogens with zero attached hydrogens (tertiary/aromatic N) is 1. The highest BCUT2D eigenvalue weighted by Crippen LogP contribution is 2.40. The van der Waals surface area contributed by atoms with Gasteiger partial charge in [-0.1, -0.05) is 103 Å². The first-order valence-electron chi connectivity index (χ1n) is 9.59. The fourth-order valence-electron chi connectivity index (χ4n) is 4.41. The monoisotopic (exact) mass is 355 g/mol. The van der Waals surface area contributed by atoms with Gasteiger partial charge in [-0.05, 0) is 21.5 Å². The molecular weight excluding hydrogens is 338 g/mol. The summed E-state index contributed by atoms with van der Waals surface area (Å²) < 4.78 is 0. The summed E-state index contributed by atoms with van der Waals surface area (Å²) in [7, 11) is 0. The third-order valence-electron chi connectivity index (χ3n) is 5.63. The van der Waals surface area contributed by atoms with Gasteiger partial charge < -0.3 is 0 Å². The van der Waals surface area contributed by atoms with Crippen molar-refractivity contribution in [2.75, 3.05) is 0 Å². The molecule has 28 heavy (non-hydrogen) atoms. The molecule has 0 bridgehead atoms. The number of aromatic nitrogens is 1. The Hall–Kier alpha value is -3.71. The summed E-state index contributed by atoms with van der Waals surface area (Å²) in [5.41, 5.74) is 3.27. The van der Waals surface area contributed by atoms with E-state index in [0.717, 1.165) is 16.8 Å². The van der Waals surface area contributed by atoms with Crippen LogP contribution in [0.2, 0.25) is 0 Å². The molecule has 0 saturated carbocycles. The molecule has 5 aromatic carbocycles. The predicted molar refractivity (Wildman–Crippen MR) is 120 cm³/mol. The van der Waals surface area contributed by atoms with Crippen molar-refractivity contribution in [3.63, 3.8) is 0 Å². The fourth-order valence-corrected chi connectivity index (χ4v) is 4.41. The normalized spacial score (nSPS) is 11.6. The summed E-state index contributed by atoms with van der Waals surface area (Å²) >= 11 is 0. The third-order valence-corrected chi connectivity index (χ3v) is 5.63. The predicted octanol–water partition coefficient (Wildman–Crippen LogP) is 7.36. The van der Waals surface area contributed by atoms with Gasteiger partial charge in [0, 0.05) is 21.7 Å². The van der Waals surface area contributed by atoms with Crippen LogP contribution in [0.5, 0.6) is 0 Å². The van der Waals surface area contributed by atoms with Crippen molar-refractivity contribution < 1.29 is 0 Å². The second-order valence-electron chi connectivity index (χ2n) is 7.19. The fraction of sp³-hybridized carbons (Fsp3) is 0. The van der Waals surface area contributed by atoms with Crippen molar-refractivity contribution in [1.29, 1.82) is 0 Å². The largest absolute Gasteiger partial charge is 0.246 e. The Morgan fingerprint density at radius 1 is 0.393 bits per heavy atom. The van der Waals surface area contributed by atoms with E-state index in [9.17, 15) is 0 Å². The van der Waals surface area contributed by atoms with E-state index in [2.05, 4.69) is 103 Å². The number of hydrogen-bond donors (Lipinski definition) is 0. The van der Waals surface area contributed by atoms with E-state index in [4.69, 9.17) is 4.98 Å². The van der Waals surface area contributed by atoms with Crippen molar-refractivity contribution in [3.05, 3.63) is 103 Å². The number of hydrogen-bond acceptors (Lipinski definition) is 1. The Bertz CT molecular complexity index is 1500. The van der Waals surface area contributed by atoms with Crippen molar-refractivity contribution >= 4 is 43.2 Å². The van der Waals surface area contributed by atoms with Crippen molar-refractivity contribution in [2.24, 2.45) is 0 Å². The Kier molecular flexibility index (Phi) is 3.24. The lowest BCUT2D eigenvalue weighted by Crippen LogP contribution is -1.92. The van der Waals surface area contributed by atoms with Crippen molar-refractivity contribution in [1.82, 2.24) is 4.98 Å².